The number of fused-ring (bicyclic) bond motifs is 1. The number of halogens is 1. The third-order valence-electron chi connectivity index (χ3n) is 10.3. The van der Waals surface area contributed by atoms with Crippen molar-refractivity contribution >= 4 is 33.2 Å². The molecule has 1 amide bonds. The zero-order chi connectivity index (χ0) is 35.3. The van der Waals surface area contributed by atoms with E-state index in [1.54, 1.807) is 36.5 Å². The zero-order valence-corrected chi connectivity index (χ0v) is 29.8. The molecule has 266 valence electrons. The highest BCUT2D eigenvalue weighted by Gasteiger charge is 2.65. The van der Waals surface area contributed by atoms with Crippen molar-refractivity contribution in [1.29, 1.82) is 0 Å². The van der Waals surface area contributed by atoms with Crippen molar-refractivity contribution in [3.8, 4) is 5.75 Å². The van der Waals surface area contributed by atoms with Crippen LogP contribution in [0.4, 0.5) is 5.69 Å². The summed E-state index contributed by atoms with van der Waals surface area (Å²) in [4.78, 5) is 26.4. The summed E-state index contributed by atoms with van der Waals surface area (Å²) in [5.41, 5.74) is 0.595. The number of sulfonamides is 1. The van der Waals surface area contributed by atoms with Gasteiger partial charge < -0.3 is 23.5 Å². The van der Waals surface area contributed by atoms with Crippen molar-refractivity contribution in [2.45, 2.75) is 42.2 Å². The molecule has 4 aliphatic rings. The lowest BCUT2D eigenvalue weighted by molar-refractivity contribution is -0.132. The number of hydrogen-bond acceptors (Lipinski definition) is 11. The first-order valence-electron chi connectivity index (χ1n) is 16.9. The lowest BCUT2D eigenvalue weighted by Gasteiger charge is -2.40. The molecule has 8 rings (SSSR count). The standard InChI is InChI=1S/C37H38ClN5O7S/c1-40-17-19-41(20-18-40)23-25-6-3-4-7-29(25)35-49-24-33(50-35)37(42-16-5-8-32(42)34-39-15-21-48-34)30-22-26(38)9-14-31(30)43(36(37)44)51(45,46)28-12-10-27(47-2)11-13-28/h3-4,6-7,9-15,21-22,24,32,35H,5,8,16-20,23H2,1-2H3/t32-,35?,37?/m0/s1. The minimum atomic E-state index is -4.45. The Morgan fingerprint density at radius 3 is 2.55 bits per heavy atom. The van der Waals surface area contributed by atoms with Gasteiger partial charge in [-0.3, -0.25) is 14.6 Å². The van der Waals surface area contributed by atoms with Crippen LogP contribution in [-0.2, 0) is 36.4 Å². The Morgan fingerprint density at radius 2 is 1.80 bits per heavy atom. The van der Waals surface area contributed by atoms with E-state index in [4.69, 9.17) is 30.2 Å². The summed E-state index contributed by atoms with van der Waals surface area (Å²) in [6.45, 7) is 4.95. The van der Waals surface area contributed by atoms with E-state index in [1.165, 1.54) is 31.8 Å². The second kappa shape index (κ2) is 13.3. The summed E-state index contributed by atoms with van der Waals surface area (Å²) < 4.78 is 54.1. The summed E-state index contributed by atoms with van der Waals surface area (Å²) in [7, 11) is -0.823. The Balaban J connectivity index is 1.24. The van der Waals surface area contributed by atoms with Crippen LogP contribution in [0.3, 0.4) is 0 Å². The predicted octanol–water partition coefficient (Wildman–Crippen LogP) is 5.44. The molecule has 5 heterocycles. The fraction of sp³-hybridized carbons (Fsp3) is 0.351. The topological polar surface area (TPSA) is 118 Å². The molecular weight excluding hydrogens is 694 g/mol. The van der Waals surface area contributed by atoms with Crippen molar-refractivity contribution in [2.24, 2.45) is 0 Å². The Labute approximate surface area is 301 Å². The third-order valence-corrected chi connectivity index (χ3v) is 12.2. The van der Waals surface area contributed by atoms with Gasteiger partial charge >= 0.3 is 0 Å². The Hall–Kier alpha value is -4.40. The summed E-state index contributed by atoms with van der Waals surface area (Å²) in [5, 5.41) is 0.329. The van der Waals surface area contributed by atoms with Gasteiger partial charge in [-0.05, 0) is 67.9 Å². The number of likely N-dealkylation sites (tertiary alicyclic amines) is 1. The number of rotatable bonds is 9. The van der Waals surface area contributed by atoms with Crippen LogP contribution < -0.4 is 9.04 Å². The summed E-state index contributed by atoms with van der Waals surface area (Å²) in [6, 6.07) is 18.2. The number of likely N-dealkylation sites (N-methyl/N-ethyl adjacent to an activating group) is 1. The Morgan fingerprint density at radius 1 is 1.02 bits per heavy atom. The number of carbonyl (C=O) groups excluding carboxylic acids is 1. The third kappa shape index (κ3) is 5.67. The maximum absolute atomic E-state index is 15.4. The average Bonchev–Trinajstić information content (AvgIpc) is 3.96. The number of carbonyl (C=O) groups is 1. The van der Waals surface area contributed by atoms with E-state index in [0.717, 1.165) is 41.6 Å². The average molecular weight is 732 g/mol. The van der Waals surface area contributed by atoms with Gasteiger partial charge in [-0.25, -0.2) is 17.7 Å². The molecule has 4 aromatic rings. The number of benzene rings is 3. The van der Waals surface area contributed by atoms with Crippen LogP contribution in [0.2, 0.25) is 5.02 Å². The molecular formula is C37H38ClN5O7S. The normalized spacial score (nSPS) is 24.3. The van der Waals surface area contributed by atoms with Crippen LogP contribution in [-0.4, -0.2) is 80.9 Å². The minimum absolute atomic E-state index is 0.0766. The highest BCUT2D eigenvalue weighted by molar-refractivity contribution is 7.93. The quantitative estimate of drug-likeness (QED) is 0.219. The molecule has 0 bridgehead atoms. The van der Waals surface area contributed by atoms with E-state index < -0.39 is 33.8 Å². The smallest absolute Gasteiger partial charge is 0.274 e. The van der Waals surface area contributed by atoms with E-state index in [0.29, 0.717) is 48.2 Å². The molecule has 14 heteroatoms. The molecule has 1 aromatic heterocycles. The van der Waals surface area contributed by atoms with Crippen molar-refractivity contribution in [3.05, 3.63) is 119 Å². The van der Waals surface area contributed by atoms with Crippen LogP contribution in [0.1, 0.15) is 47.8 Å². The second-order valence-corrected chi connectivity index (χ2v) is 15.4. The SMILES string of the molecule is COc1ccc(S(=O)(=O)N2C(=O)C(C3=COC(c4ccccc4CN4CCN(C)CC4)O3)(N3CCC[C@H]3c3ncco3)c3cc(Cl)ccc32)cc1. The second-order valence-electron chi connectivity index (χ2n) is 13.2. The molecule has 2 saturated heterocycles. The number of nitrogens with zero attached hydrogens (tertiary/aromatic N) is 5. The van der Waals surface area contributed by atoms with Crippen molar-refractivity contribution in [2.75, 3.05) is 51.2 Å². The Bertz CT molecular complexity index is 2070. The monoisotopic (exact) mass is 731 g/mol. The highest BCUT2D eigenvalue weighted by atomic mass is 35.5. The fourth-order valence-corrected chi connectivity index (χ4v) is 9.31. The number of methoxy groups -OCH3 is 1. The van der Waals surface area contributed by atoms with E-state index in [2.05, 4.69) is 27.9 Å². The van der Waals surface area contributed by atoms with Gasteiger partial charge in [-0.15, -0.1) is 0 Å². The fourth-order valence-electron chi connectivity index (χ4n) is 7.68. The molecule has 0 saturated carbocycles. The molecule has 0 aliphatic carbocycles. The Kier molecular flexibility index (Phi) is 8.79. The maximum atomic E-state index is 15.4. The summed E-state index contributed by atoms with van der Waals surface area (Å²) >= 11 is 6.67. The van der Waals surface area contributed by atoms with Gasteiger partial charge in [0.15, 0.2) is 11.3 Å². The van der Waals surface area contributed by atoms with Crippen molar-refractivity contribution in [1.82, 2.24) is 19.7 Å². The molecule has 0 N–H and O–H groups in total. The van der Waals surface area contributed by atoms with Crippen LogP contribution in [0, 0.1) is 0 Å². The lowest BCUT2D eigenvalue weighted by Crippen LogP contribution is -2.55. The van der Waals surface area contributed by atoms with Gasteiger partial charge in [0.25, 0.3) is 22.2 Å². The number of amides is 1. The number of anilines is 1. The molecule has 4 aliphatic heterocycles. The van der Waals surface area contributed by atoms with Gasteiger partial charge in [0, 0.05) is 55.4 Å². The first-order chi connectivity index (χ1) is 24.7. The molecule has 3 aromatic carbocycles. The zero-order valence-electron chi connectivity index (χ0n) is 28.3. The first kappa shape index (κ1) is 33.7. The van der Waals surface area contributed by atoms with E-state index in [1.807, 2.05) is 23.1 Å². The molecule has 0 spiro atoms. The van der Waals surface area contributed by atoms with Gasteiger partial charge in [-0.2, -0.15) is 0 Å². The van der Waals surface area contributed by atoms with Gasteiger partial charge in [-0.1, -0.05) is 35.9 Å². The van der Waals surface area contributed by atoms with E-state index in [9.17, 15) is 8.42 Å². The minimum Gasteiger partial charge on any atom is -0.497 e. The highest BCUT2D eigenvalue weighted by Crippen LogP contribution is 2.57. The van der Waals surface area contributed by atoms with Gasteiger partial charge in [0.1, 0.15) is 18.3 Å². The molecule has 12 nitrogen and oxygen atoms in total. The largest absolute Gasteiger partial charge is 0.497 e. The van der Waals surface area contributed by atoms with E-state index >= 15 is 4.79 Å². The van der Waals surface area contributed by atoms with Crippen LogP contribution in [0.5, 0.6) is 5.75 Å². The van der Waals surface area contributed by atoms with Crippen LogP contribution in [0.25, 0.3) is 0 Å². The molecule has 2 unspecified atom stereocenters. The lowest BCUT2D eigenvalue weighted by atomic mass is 9.86. The first-order valence-corrected chi connectivity index (χ1v) is 18.7. The number of aromatic nitrogens is 1. The van der Waals surface area contributed by atoms with E-state index in [-0.39, 0.29) is 16.3 Å². The van der Waals surface area contributed by atoms with Crippen LogP contribution >= 0.6 is 11.6 Å². The van der Waals surface area contributed by atoms with Crippen molar-refractivity contribution in [3.63, 3.8) is 0 Å². The molecule has 3 atom stereocenters. The van der Waals surface area contributed by atoms with Crippen LogP contribution in [0.15, 0.2) is 101 Å². The number of piperazine rings is 1. The molecule has 51 heavy (non-hydrogen) atoms. The number of hydrogen-bond donors (Lipinski definition) is 0. The predicted molar refractivity (Wildman–Crippen MR) is 188 cm³/mol. The number of oxazole rings is 1. The van der Waals surface area contributed by atoms with Crippen molar-refractivity contribution < 1.29 is 31.8 Å². The number of ether oxygens (including phenoxy) is 3. The summed E-state index contributed by atoms with van der Waals surface area (Å²) in [6.07, 6.45) is 4.92. The molecule has 2 fully saturated rings. The molecule has 0 radical (unpaired) electrons. The van der Waals surface area contributed by atoms with Gasteiger partial charge in [0.2, 0.25) is 5.89 Å². The van der Waals surface area contributed by atoms with Gasteiger partial charge in [0.05, 0.1) is 29.9 Å². The summed E-state index contributed by atoms with van der Waals surface area (Å²) in [5.74, 6) is 0.305. The maximum Gasteiger partial charge on any atom is 0.274 e.